The molecule has 1 N–H and O–H groups in total. The van der Waals surface area contributed by atoms with Crippen LogP contribution in [0, 0.1) is 11.3 Å². The smallest absolute Gasteiger partial charge is 0.259 e. The Morgan fingerprint density at radius 1 is 1.09 bits per heavy atom. The standard InChI is InChI=1S/C16H34N3O2P/c1-14(2)19(15(3)4)22(20-12-8-10-17)21-13-9-11-18-16(5,6)7/h14-15,18H,8-9,11-13H2,1-7H3. The molecule has 5 nitrogen and oxygen atoms in total. The van der Waals surface area contributed by atoms with Crippen molar-refractivity contribution in [2.24, 2.45) is 0 Å². The average Bonchev–Trinajstić information content (AvgIpc) is 2.35. The normalized spacial score (nSPS) is 13.9. The highest BCUT2D eigenvalue weighted by atomic mass is 31.2. The second kappa shape index (κ2) is 11.3. The molecule has 1 atom stereocenters. The van der Waals surface area contributed by atoms with Crippen LogP contribution in [0.25, 0.3) is 0 Å². The van der Waals surface area contributed by atoms with Crippen molar-refractivity contribution in [3.05, 3.63) is 0 Å². The van der Waals surface area contributed by atoms with Crippen LogP contribution in [0.3, 0.4) is 0 Å². The summed E-state index contributed by atoms with van der Waals surface area (Å²) in [5, 5.41) is 12.1. The SMILES string of the molecule is CC(C)N(C(C)C)P(OCCC#N)OCCCNC(C)(C)C. The summed E-state index contributed by atoms with van der Waals surface area (Å²) in [5.41, 5.74) is 0.135. The number of hydrogen-bond acceptors (Lipinski definition) is 5. The lowest BCUT2D eigenvalue weighted by Crippen LogP contribution is -2.37. The first-order valence-electron chi connectivity index (χ1n) is 8.15. The molecular weight excluding hydrogens is 297 g/mol. The van der Waals surface area contributed by atoms with Gasteiger partial charge in [-0.1, -0.05) is 0 Å². The van der Waals surface area contributed by atoms with Gasteiger partial charge in [-0.3, -0.25) is 0 Å². The van der Waals surface area contributed by atoms with E-state index in [1.165, 1.54) is 0 Å². The molecule has 0 heterocycles. The molecule has 0 aromatic heterocycles. The quantitative estimate of drug-likeness (QED) is 0.457. The van der Waals surface area contributed by atoms with Gasteiger partial charge in [-0.05, 0) is 61.4 Å². The van der Waals surface area contributed by atoms with Crippen molar-refractivity contribution in [3.63, 3.8) is 0 Å². The van der Waals surface area contributed by atoms with Gasteiger partial charge in [-0.2, -0.15) is 5.26 Å². The third-order valence-electron chi connectivity index (χ3n) is 2.84. The van der Waals surface area contributed by atoms with E-state index in [4.69, 9.17) is 14.3 Å². The molecule has 0 spiro atoms. The van der Waals surface area contributed by atoms with Crippen LogP contribution in [0.2, 0.25) is 0 Å². The number of nitrogens with one attached hydrogen (secondary N) is 1. The van der Waals surface area contributed by atoms with Gasteiger partial charge in [0, 0.05) is 17.6 Å². The molecule has 0 radical (unpaired) electrons. The van der Waals surface area contributed by atoms with Crippen LogP contribution < -0.4 is 5.32 Å². The van der Waals surface area contributed by atoms with Crippen molar-refractivity contribution in [2.45, 2.75) is 78.9 Å². The maximum atomic E-state index is 8.67. The average molecular weight is 331 g/mol. The molecular formula is C16H34N3O2P. The Morgan fingerprint density at radius 2 is 1.64 bits per heavy atom. The van der Waals surface area contributed by atoms with Crippen molar-refractivity contribution < 1.29 is 9.05 Å². The lowest BCUT2D eigenvalue weighted by molar-refractivity contribution is 0.174. The molecule has 0 bridgehead atoms. The first-order valence-corrected chi connectivity index (χ1v) is 9.28. The third kappa shape index (κ3) is 10.5. The third-order valence-corrected chi connectivity index (χ3v) is 4.95. The molecule has 0 fully saturated rings. The first-order chi connectivity index (χ1) is 10.2. The van der Waals surface area contributed by atoms with Gasteiger partial charge in [0.05, 0.1) is 25.7 Å². The van der Waals surface area contributed by atoms with Crippen LogP contribution in [0.5, 0.6) is 0 Å². The fraction of sp³-hybridized carbons (Fsp3) is 0.938. The highest BCUT2D eigenvalue weighted by molar-refractivity contribution is 7.44. The van der Waals surface area contributed by atoms with Gasteiger partial charge >= 0.3 is 0 Å². The van der Waals surface area contributed by atoms with Crippen molar-refractivity contribution in [1.82, 2.24) is 9.99 Å². The van der Waals surface area contributed by atoms with E-state index in [-0.39, 0.29) is 5.54 Å². The van der Waals surface area contributed by atoms with Crippen LogP contribution in [0.15, 0.2) is 0 Å². The Kier molecular flexibility index (Phi) is 11.2. The van der Waals surface area contributed by atoms with Crippen LogP contribution >= 0.6 is 8.53 Å². The second-order valence-electron chi connectivity index (χ2n) is 6.91. The molecule has 0 aliphatic carbocycles. The zero-order chi connectivity index (χ0) is 17.2. The van der Waals surface area contributed by atoms with Crippen molar-refractivity contribution in [1.29, 1.82) is 5.26 Å². The monoisotopic (exact) mass is 331 g/mol. The summed E-state index contributed by atoms with van der Waals surface area (Å²) in [6, 6.07) is 2.81. The van der Waals surface area contributed by atoms with E-state index in [2.05, 4.69) is 64.5 Å². The van der Waals surface area contributed by atoms with E-state index in [0.717, 1.165) is 13.0 Å². The Balaban J connectivity index is 4.37. The molecule has 0 rings (SSSR count). The number of rotatable bonds is 11. The maximum Gasteiger partial charge on any atom is 0.259 e. The molecule has 22 heavy (non-hydrogen) atoms. The maximum absolute atomic E-state index is 8.67. The zero-order valence-electron chi connectivity index (χ0n) is 15.3. The lowest BCUT2D eigenvalue weighted by Gasteiger charge is -2.35. The predicted octanol–water partition coefficient (Wildman–Crippen LogP) is 4.06. The Labute approximate surface area is 138 Å². The summed E-state index contributed by atoms with van der Waals surface area (Å²) in [4.78, 5) is 0. The summed E-state index contributed by atoms with van der Waals surface area (Å²) < 4.78 is 14.1. The fourth-order valence-corrected chi connectivity index (χ4v) is 3.62. The molecule has 0 aliphatic heterocycles. The minimum atomic E-state index is -1.10. The minimum absolute atomic E-state index is 0.135. The van der Waals surface area contributed by atoms with Crippen LogP contribution in [0.4, 0.5) is 0 Å². The van der Waals surface area contributed by atoms with Crippen LogP contribution in [0.1, 0.15) is 61.3 Å². The van der Waals surface area contributed by atoms with Crippen molar-refractivity contribution >= 4 is 8.53 Å². The fourth-order valence-electron chi connectivity index (χ4n) is 1.99. The summed E-state index contributed by atoms with van der Waals surface area (Å²) >= 11 is 0. The second-order valence-corrected chi connectivity index (χ2v) is 8.36. The summed E-state index contributed by atoms with van der Waals surface area (Å²) in [6.07, 6.45) is 1.35. The summed E-state index contributed by atoms with van der Waals surface area (Å²) in [6.45, 7) is 17.1. The Hall–Kier alpha value is -0.240. The van der Waals surface area contributed by atoms with Gasteiger partial charge in [0.2, 0.25) is 0 Å². The molecule has 0 aliphatic rings. The summed E-state index contributed by atoms with van der Waals surface area (Å²) in [7, 11) is -1.10. The van der Waals surface area contributed by atoms with E-state index in [1.807, 2.05) is 0 Å². The van der Waals surface area contributed by atoms with Crippen molar-refractivity contribution in [2.75, 3.05) is 19.8 Å². The summed E-state index contributed by atoms with van der Waals surface area (Å²) in [5.74, 6) is 0. The predicted molar refractivity (Wildman–Crippen MR) is 93.5 cm³/mol. The highest BCUT2D eigenvalue weighted by Crippen LogP contribution is 2.45. The largest absolute Gasteiger partial charge is 0.322 e. The highest BCUT2D eigenvalue weighted by Gasteiger charge is 2.26. The van der Waals surface area contributed by atoms with Gasteiger partial charge in [-0.25, -0.2) is 4.67 Å². The van der Waals surface area contributed by atoms with E-state index < -0.39 is 8.53 Å². The Bertz CT molecular complexity index is 316. The molecule has 0 aromatic carbocycles. The number of nitriles is 1. The van der Waals surface area contributed by atoms with Crippen LogP contribution in [-0.4, -0.2) is 42.1 Å². The number of nitrogens with zero attached hydrogens (tertiary/aromatic N) is 2. The number of hydrogen-bond donors (Lipinski definition) is 1. The first kappa shape index (κ1) is 21.8. The van der Waals surface area contributed by atoms with Gasteiger partial charge in [-0.15, -0.1) is 0 Å². The van der Waals surface area contributed by atoms with Crippen molar-refractivity contribution in [3.8, 4) is 6.07 Å². The van der Waals surface area contributed by atoms with Gasteiger partial charge in [0.1, 0.15) is 0 Å². The molecule has 0 saturated heterocycles. The molecule has 0 amide bonds. The topological polar surface area (TPSA) is 57.5 Å². The minimum Gasteiger partial charge on any atom is -0.322 e. The zero-order valence-corrected chi connectivity index (χ0v) is 16.2. The van der Waals surface area contributed by atoms with Gasteiger partial charge < -0.3 is 14.4 Å². The lowest BCUT2D eigenvalue weighted by atomic mass is 10.1. The van der Waals surface area contributed by atoms with Crippen LogP contribution in [-0.2, 0) is 9.05 Å². The Morgan fingerprint density at radius 3 is 2.09 bits per heavy atom. The van der Waals surface area contributed by atoms with Gasteiger partial charge in [0.15, 0.2) is 0 Å². The van der Waals surface area contributed by atoms with E-state index >= 15 is 0 Å². The molecule has 1 unspecified atom stereocenters. The van der Waals surface area contributed by atoms with E-state index in [0.29, 0.717) is 31.7 Å². The molecule has 6 heteroatoms. The molecule has 0 saturated carbocycles. The van der Waals surface area contributed by atoms with Gasteiger partial charge in [0.25, 0.3) is 8.53 Å². The molecule has 130 valence electrons. The van der Waals surface area contributed by atoms with E-state index in [1.54, 1.807) is 0 Å². The molecule has 0 aromatic rings. The van der Waals surface area contributed by atoms with E-state index in [9.17, 15) is 0 Å².